The first-order valence-corrected chi connectivity index (χ1v) is 6.82. The molecule has 0 saturated heterocycles. The average molecular weight is 271 g/mol. The summed E-state index contributed by atoms with van der Waals surface area (Å²) in [5, 5.41) is 0. The summed E-state index contributed by atoms with van der Waals surface area (Å²) in [4.78, 5) is 0. The molecule has 1 aliphatic carbocycles. The fourth-order valence-electron chi connectivity index (χ4n) is 3.23. The molecule has 1 aliphatic rings. The minimum absolute atomic E-state index is 0.0236. The minimum Gasteiger partial charge on any atom is -0.323 e. The first-order valence-electron chi connectivity index (χ1n) is 6.82. The van der Waals surface area contributed by atoms with Crippen molar-refractivity contribution in [1.82, 2.24) is 0 Å². The molecule has 4 heteroatoms. The van der Waals surface area contributed by atoms with Gasteiger partial charge in [-0.25, -0.2) is 0 Å². The number of alkyl halides is 3. The Labute approximate surface area is 112 Å². The third kappa shape index (κ3) is 2.78. The van der Waals surface area contributed by atoms with Crippen LogP contribution in [0.3, 0.4) is 0 Å². The highest BCUT2D eigenvalue weighted by atomic mass is 19.4. The standard InChI is InChI=1S/C15H20F3N/c1-2-14(8-3-4-9-14)13(19)11-6-5-7-12(10-11)15(16,17)18/h5-7,10,13H,2-4,8-9,19H2,1H3. The Morgan fingerprint density at radius 2 is 1.89 bits per heavy atom. The van der Waals surface area contributed by atoms with Crippen molar-refractivity contribution in [1.29, 1.82) is 0 Å². The molecule has 19 heavy (non-hydrogen) atoms. The second-order valence-corrected chi connectivity index (χ2v) is 5.52. The van der Waals surface area contributed by atoms with Gasteiger partial charge in [0.25, 0.3) is 0 Å². The SMILES string of the molecule is CCC1(C(N)c2cccc(C(F)(F)F)c2)CCCC1. The summed E-state index contributed by atoms with van der Waals surface area (Å²) in [7, 11) is 0. The Kier molecular flexibility index (Phi) is 3.90. The Bertz CT molecular complexity index is 433. The van der Waals surface area contributed by atoms with Gasteiger partial charge in [0.05, 0.1) is 5.56 Å². The summed E-state index contributed by atoms with van der Waals surface area (Å²) in [5.41, 5.74) is 6.27. The molecule has 2 N–H and O–H groups in total. The second kappa shape index (κ2) is 5.16. The lowest BCUT2D eigenvalue weighted by molar-refractivity contribution is -0.137. The minimum atomic E-state index is -4.30. The molecule has 106 valence electrons. The van der Waals surface area contributed by atoms with Crippen LogP contribution in [-0.4, -0.2) is 0 Å². The molecule has 0 aliphatic heterocycles. The number of halogens is 3. The van der Waals surface area contributed by atoms with Crippen molar-refractivity contribution in [3.05, 3.63) is 35.4 Å². The topological polar surface area (TPSA) is 26.0 Å². The van der Waals surface area contributed by atoms with Crippen LogP contribution in [0.1, 0.15) is 56.2 Å². The van der Waals surface area contributed by atoms with E-state index in [1.54, 1.807) is 6.07 Å². The van der Waals surface area contributed by atoms with E-state index in [9.17, 15) is 13.2 Å². The summed E-state index contributed by atoms with van der Waals surface area (Å²) in [6.07, 6.45) is 0.901. The first-order chi connectivity index (χ1) is 8.89. The molecule has 1 aromatic rings. The predicted octanol–water partition coefficient (Wildman–Crippen LogP) is 4.68. The van der Waals surface area contributed by atoms with Crippen LogP contribution in [0.4, 0.5) is 13.2 Å². The zero-order valence-corrected chi connectivity index (χ0v) is 11.1. The Morgan fingerprint density at radius 1 is 1.26 bits per heavy atom. The van der Waals surface area contributed by atoms with Crippen molar-refractivity contribution in [2.45, 2.75) is 51.2 Å². The van der Waals surface area contributed by atoms with E-state index in [0.29, 0.717) is 5.56 Å². The van der Waals surface area contributed by atoms with E-state index in [1.165, 1.54) is 12.1 Å². The van der Waals surface area contributed by atoms with Crippen LogP contribution in [0.2, 0.25) is 0 Å². The second-order valence-electron chi connectivity index (χ2n) is 5.52. The zero-order valence-electron chi connectivity index (χ0n) is 11.1. The van der Waals surface area contributed by atoms with Gasteiger partial charge in [-0.3, -0.25) is 0 Å². The maximum Gasteiger partial charge on any atom is 0.416 e. The molecule has 0 amide bonds. The van der Waals surface area contributed by atoms with Crippen LogP contribution in [0, 0.1) is 5.41 Å². The number of benzene rings is 1. The molecule has 1 fully saturated rings. The average Bonchev–Trinajstić information content (AvgIpc) is 2.87. The highest BCUT2D eigenvalue weighted by molar-refractivity contribution is 5.29. The van der Waals surface area contributed by atoms with Gasteiger partial charge in [0, 0.05) is 6.04 Å². The lowest BCUT2D eigenvalue weighted by atomic mass is 9.74. The molecule has 0 radical (unpaired) electrons. The van der Waals surface area contributed by atoms with Crippen molar-refractivity contribution in [2.24, 2.45) is 11.1 Å². The normalized spacial score (nSPS) is 20.5. The van der Waals surface area contributed by atoms with Crippen LogP contribution >= 0.6 is 0 Å². The molecule has 1 atom stereocenters. The molecular formula is C15H20F3N. The molecule has 1 nitrogen and oxygen atoms in total. The van der Waals surface area contributed by atoms with Gasteiger partial charge in [0.15, 0.2) is 0 Å². The van der Waals surface area contributed by atoms with Crippen molar-refractivity contribution >= 4 is 0 Å². The summed E-state index contributed by atoms with van der Waals surface area (Å²) in [6, 6.07) is 5.18. The summed E-state index contributed by atoms with van der Waals surface area (Å²) in [6.45, 7) is 2.08. The molecular weight excluding hydrogens is 251 g/mol. The number of hydrogen-bond acceptors (Lipinski definition) is 1. The van der Waals surface area contributed by atoms with Gasteiger partial charge in [-0.15, -0.1) is 0 Å². The van der Waals surface area contributed by atoms with E-state index in [1.807, 2.05) is 0 Å². The number of nitrogens with two attached hydrogens (primary N) is 1. The van der Waals surface area contributed by atoms with E-state index in [2.05, 4.69) is 6.92 Å². The van der Waals surface area contributed by atoms with Crippen molar-refractivity contribution in [3.8, 4) is 0 Å². The fraction of sp³-hybridized carbons (Fsp3) is 0.600. The van der Waals surface area contributed by atoms with Crippen LogP contribution in [0.5, 0.6) is 0 Å². The van der Waals surface area contributed by atoms with Crippen LogP contribution < -0.4 is 5.73 Å². The van der Waals surface area contributed by atoms with E-state index in [-0.39, 0.29) is 11.5 Å². The Balaban J connectivity index is 2.31. The highest BCUT2D eigenvalue weighted by Gasteiger charge is 2.39. The van der Waals surface area contributed by atoms with Crippen LogP contribution in [0.25, 0.3) is 0 Å². The quantitative estimate of drug-likeness (QED) is 0.849. The van der Waals surface area contributed by atoms with Gasteiger partial charge in [0.1, 0.15) is 0 Å². The fourth-order valence-corrected chi connectivity index (χ4v) is 3.23. The zero-order chi connectivity index (χ0) is 14.1. The molecule has 0 spiro atoms. The molecule has 1 aromatic carbocycles. The van der Waals surface area contributed by atoms with E-state index < -0.39 is 11.7 Å². The van der Waals surface area contributed by atoms with Gasteiger partial charge in [0.2, 0.25) is 0 Å². The predicted molar refractivity (Wildman–Crippen MR) is 69.6 cm³/mol. The molecule has 0 heterocycles. The number of rotatable bonds is 3. The van der Waals surface area contributed by atoms with E-state index in [4.69, 9.17) is 5.73 Å². The van der Waals surface area contributed by atoms with E-state index >= 15 is 0 Å². The molecule has 2 rings (SSSR count). The van der Waals surface area contributed by atoms with Crippen LogP contribution in [-0.2, 0) is 6.18 Å². The monoisotopic (exact) mass is 271 g/mol. The molecule has 0 bridgehead atoms. The Hall–Kier alpha value is -1.03. The lowest BCUT2D eigenvalue weighted by Crippen LogP contribution is -2.31. The molecule has 1 saturated carbocycles. The largest absolute Gasteiger partial charge is 0.416 e. The maximum atomic E-state index is 12.7. The molecule has 1 unspecified atom stereocenters. The smallest absolute Gasteiger partial charge is 0.323 e. The van der Waals surface area contributed by atoms with Crippen LogP contribution in [0.15, 0.2) is 24.3 Å². The van der Waals surface area contributed by atoms with Gasteiger partial charge in [-0.1, -0.05) is 31.9 Å². The highest BCUT2D eigenvalue weighted by Crippen LogP contribution is 2.49. The maximum absolute atomic E-state index is 12.7. The first kappa shape index (κ1) is 14.4. The third-order valence-electron chi connectivity index (χ3n) is 4.54. The van der Waals surface area contributed by atoms with Crippen molar-refractivity contribution in [3.63, 3.8) is 0 Å². The van der Waals surface area contributed by atoms with Gasteiger partial charge >= 0.3 is 6.18 Å². The summed E-state index contributed by atoms with van der Waals surface area (Å²) in [5.74, 6) is 0. The number of hydrogen-bond donors (Lipinski definition) is 1. The lowest BCUT2D eigenvalue weighted by Gasteiger charge is -2.35. The van der Waals surface area contributed by atoms with Crippen molar-refractivity contribution < 1.29 is 13.2 Å². The van der Waals surface area contributed by atoms with Gasteiger partial charge < -0.3 is 5.73 Å². The Morgan fingerprint density at radius 3 is 2.42 bits per heavy atom. The summed E-state index contributed by atoms with van der Waals surface area (Å²) < 4.78 is 38.2. The van der Waals surface area contributed by atoms with E-state index in [0.717, 1.165) is 38.2 Å². The summed E-state index contributed by atoms with van der Waals surface area (Å²) >= 11 is 0. The van der Waals surface area contributed by atoms with Gasteiger partial charge in [-0.2, -0.15) is 13.2 Å². The molecule has 0 aromatic heterocycles. The van der Waals surface area contributed by atoms with Gasteiger partial charge in [-0.05, 0) is 42.4 Å². The van der Waals surface area contributed by atoms with Crippen molar-refractivity contribution in [2.75, 3.05) is 0 Å². The third-order valence-corrected chi connectivity index (χ3v) is 4.54.